The summed E-state index contributed by atoms with van der Waals surface area (Å²) >= 11 is 6.06. The third-order valence-corrected chi connectivity index (χ3v) is 3.26. The van der Waals surface area contributed by atoms with Crippen molar-refractivity contribution in [1.29, 1.82) is 0 Å². The Kier molecular flexibility index (Phi) is 2.72. The van der Waals surface area contributed by atoms with Crippen LogP contribution in [0.25, 0.3) is 16.7 Å². The Morgan fingerprint density at radius 2 is 2.00 bits per heavy atom. The Morgan fingerprint density at radius 3 is 2.74 bits per heavy atom. The van der Waals surface area contributed by atoms with Crippen molar-refractivity contribution < 1.29 is 4.79 Å². The minimum Gasteiger partial charge on any atom is -0.366 e. The lowest BCUT2D eigenvalue weighted by Crippen LogP contribution is -2.11. The number of carbonyl (C=O) groups is 1. The summed E-state index contributed by atoms with van der Waals surface area (Å²) in [5, 5.41) is 0.336. The molecular formula is C14H10ClN3O. The summed E-state index contributed by atoms with van der Waals surface area (Å²) in [7, 11) is 0. The van der Waals surface area contributed by atoms with Crippen LogP contribution in [-0.2, 0) is 0 Å². The van der Waals surface area contributed by atoms with Crippen LogP contribution >= 0.6 is 11.6 Å². The number of aromatic nitrogens is 2. The van der Waals surface area contributed by atoms with Crippen molar-refractivity contribution in [2.24, 2.45) is 5.73 Å². The van der Waals surface area contributed by atoms with Crippen LogP contribution in [0.3, 0.4) is 0 Å². The SMILES string of the molecule is NC(=O)c1ccc(-n2cnc3ccccc32)cc1Cl. The summed E-state index contributed by atoms with van der Waals surface area (Å²) in [5.41, 5.74) is 8.26. The zero-order valence-corrected chi connectivity index (χ0v) is 10.6. The number of fused-ring (bicyclic) bond motifs is 1. The summed E-state index contributed by atoms with van der Waals surface area (Å²) in [4.78, 5) is 15.5. The number of rotatable bonds is 2. The fourth-order valence-electron chi connectivity index (χ4n) is 2.02. The van der Waals surface area contributed by atoms with Crippen LogP contribution < -0.4 is 5.73 Å². The van der Waals surface area contributed by atoms with Gasteiger partial charge in [-0.3, -0.25) is 9.36 Å². The summed E-state index contributed by atoms with van der Waals surface area (Å²) < 4.78 is 1.91. The van der Waals surface area contributed by atoms with Crippen LogP contribution in [0.5, 0.6) is 0 Å². The number of amides is 1. The maximum atomic E-state index is 11.2. The molecule has 1 heterocycles. The number of primary amides is 1. The molecule has 0 bridgehead atoms. The molecule has 0 aliphatic rings. The molecule has 4 nitrogen and oxygen atoms in total. The van der Waals surface area contributed by atoms with Gasteiger partial charge in [-0.05, 0) is 30.3 Å². The van der Waals surface area contributed by atoms with Crippen LogP contribution in [0, 0.1) is 0 Å². The number of hydrogen-bond donors (Lipinski definition) is 1. The molecule has 0 saturated heterocycles. The van der Waals surface area contributed by atoms with E-state index in [4.69, 9.17) is 17.3 Å². The van der Waals surface area contributed by atoms with E-state index < -0.39 is 5.91 Å². The highest BCUT2D eigenvalue weighted by molar-refractivity contribution is 6.34. The van der Waals surface area contributed by atoms with Crippen LogP contribution in [0.2, 0.25) is 5.02 Å². The predicted octanol–water partition coefficient (Wildman–Crippen LogP) is 2.78. The second-order valence-corrected chi connectivity index (χ2v) is 4.54. The first kappa shape index (κ1) is 11.7. The lowest BCUT2D eigenvalue weighted by Gasteiger charge is -2.06. The quantitative estimate of drug-likeness (QED) is 0.779. The molecule has 94 valence electrons. The molecule has 0 saturated carbocycles. The zero-order valence-electron chi connectivity index (χ0n) is 9.88. The average molecular weight is 272 g/mol. The standard InChI is InChI=1S/C14H10ClN3O/c15-11-7-9(5-6-10(11)14(16)19)18-8-17-12-3-1-2-4-13(12)18/h1-8H,(H2,16,19). The van der Waals surface area contributed by atoms with E-state index in [0.29, 0.717) is 10.6 Å². The van der Waals surface area contributed by atoms with Gasteiger partial charge in [-0.1, -0.05) is 23.7 Å². The lowest BCUT2D eigenvalue weighted by molar-refractivity contribution is 0.100. The first-order valence-corrected chi connectivity index (χ1v) is 6.06. The minimum atomic E-state index is -0.535. The van der Waals surface area contributed by atoms with Crippen LogP contribution in [0.4, 0.5) is 0 Å². The summed E-state index contributed by atoms with van der Waals surface area (Å²) in [6, 6.07) is 12.9. The Labute approximate surface area is 114 Å². The van der Waals surface area contributed by atoms with E-state index in [0.717, 1.165) is 16.7 Å². The van der Waals surface area contributed by atoms with E-state index in [2.05, 4.69) is 4.98 Å². The van der Waals surface area contributed by atoms with Gasteiger partial charge < -0.3 is 5.73 Å². The van der Waals surface area contributed by atoms with Crippen molar-refractivity contribution in [3.63, 3.8) is 0 Å². The Balaban J connectivity index is 2.17. The summed E-state index contributed by atoms with van der Waals surface area (Å²) in [5.74, 6) is -0.535. The summed E-state index contributed by atoms with van der Waals surface area (Å²) in [6.45, 7) is 0. The molecule has 2 N–H and O–H groups in total. The summed E-state index contributed by atoms with van der Waals surface area (Å²) in [6.07, 6.45) is 1.72. The normalized spacial score (nSPS) is 10.8. The Bertz CT molecular complexity index is 779. The fourth-order valence-corrected chi connectivity index (χ4v) is 2.29. The largest absolute Gasteiger partial charge is 0.366 e. The highest BCUT2D eigenvalue weighted by Gasteiger charge is 2.09. The minimum absolute atomic E-state index is 0.315. The molecule has 0 atom stereocenters. The highest BCUT2D eigenvalue weighted by atomic mass is 35.5. The number of nitrogens with two attached hydrogens (primary N) is 1. The van der Waals surface area contributed by atoms with Crippen LogP contribution in [0.1, 0.15) is 10.4 Å². The Hall–Kier alpha value is -2.33. The molecule has 1 aromatic heterocycles. The topological polar surface area (TPSA) is 60.9 Å². The number of carbonyl (C=O) groups excluding carboxylic acids is 1. The van der Waals surface area contributed by atoms with Gasteiger partial charge >= 0.3 is 0 Å². The van der Waals surface area contributed by atoms with E-state index >= 15 is 0 Å². The molecule has 2 aromatic carbocycles. The number of para-hydroxylation sites is 2. The van der Waals surface area contributed by atoms with E-state index in [-0.39, 0.29) is 0 Å². The lowest BCUT2D eigenvalue weighted by atomic mass is 10.2. The highest BCUT2D eigenvalue weighted by Crippen LogP contribution is 2.23. The fraction of sp³-hybridized carbons (Fsp3) is 0. The molecule has 3 rings (SSSR count). The van der Waals surface area contributed by atoms with E-state index in [9.17, 15) is 4.79 Å². The van der Waals surface area contributed by atoms with Crippen molar-refractivity contribution in [2.45, 2.75) is 0 Å². The first-order valence-electron chi connectivity index (χ1n) is 5.68. The van der Waals surface area contributed by atoms with Gasteiger partial charge in [-0.2, -0.15) is 0 Å². The monoisotopic (exact) mass is 271 g/mol. The van der Waals surface area contributed by atoms with Gasteiger partial charge in [0.15, 0.2) is 0 Å². The van der Waals surface area contributed by atoms with Gasteiger partial charge in [0.2, 0.25) is 5.91 Å². The average Bonchev–Trinajstić information content (AvgIpc) is 2.82. The van der Waals surface area contributed by atoms with Crippen molar-refractivity contribution >= 4 is 28.5 Å². The molecule has 0 radical (unpaired) electrons. The van der Waals surface area contributed by atoms with Gasteiger partial charge in [-0.25, -0.2) is 4.98 Å². The molecule has 5 heteroatoms. The van der Waals surface area contributed by atoms with Gasteiger partial charge in [0.1, 0.15) is 6.33 Å². The third-order valence-electron chi connectivity index (χ3n) is 2.95. The van der Waals surface area contributed by atoms with E-state index in [1.54, 1.807) is 24.5 Å². The second-order valence-electron chi connectivity index (χ2n) is 4.13. The van der Waals surface area contributed by atoms with E-state index in [1.165, 1.54) is 0 Å². The molecule has 1 amide bonds. The smallest absolute Gasteiger partial charge is 0.250 e. The van der Waals surface area contributed by atoms with E-state index in [1.807, 2.05) is 28.8 Å². The van der Waals surface area contributed by atoms with Crippen LogP contribution in [0.15, 0.2) is 48.8 Å². The second kappa shape index (κ2) is 4.40. The van der Waals surface area contributed by atoms with Crippen molar-refractivity contribution in [3.05, 3.63) is 59.4 Å². The molecule has 0 aliphatic carbocycles. The molecule has 0 fully saturated rings. The molecule has 3 aromatic rings. The van der Waals surface area contributed by atoms with Gasteiger partial charge in [0, 0.05) is 5.69 Å². The third kappa shape index (κ3) is 1.96. The van der Waals surface area contributed by atoms with Gasteiger partial charge in [-0.15, -0.1) is 0 Å². The number of halogens is 1. The first-order chi connectivity index (χ1) is 9.16. The molecule has 0 spiro atoms. The van der Waals surface area contributed by atoms with Crippen molar-refractivity contribution in [3.8, 4) is 5.69 Å². The molecule has 0 aliphatic heterocycles. The Morgan fingerprint density at radius 1 is 1.21 bits per heavy atom. The molecule has 0 unspecified atom stereocenters. The number of hydrogen-bond acceptors (Lipinski definition) is 2. The maximum Gasteiger partial charge on any atom is 0.250 e. The zero-order chi connectivity index (χ0) is 13.4. The van der Waals surface area contributed by atoms with Gasteiger partial charge in [0.05, 0.1) is 21.6 Å². The maximum absolute atomic E-state index is 11.2. The van der Waals surface area contributed by atoms with Crippen molar-refractivity contribution in [2.75, 3.05) is 0 Å². The van der Waals surface area contributed by atoms with Crippen molar-refractivity contribution in [1.82, 2.24) is 9.55 Å². The number of imidazole rings is 1. The number of nitrogens with zero attached hydrogens (tertiary/aromatic N) is 2. The predicted molar refractivity (Wildman–Crippen MR) is 74.6 cm³/mol. The molecule has 19 heavy (non-hydrogen) atoms. The van der Waals surface area contributed by atoms with Gasteiger partial charge in [0.25, 0.3) is 0 Å². The number of benzene rings is 2. The molecular weight excluding hydrogens is 262 g/mol. The van der Waals surface area contributed by atoms with Crippen LogP contribution in [-0.4, -0.2) is 15.5 Å².